The highest BCUT2D eigenvalue weighted by molar-refractivity contribution is 5.78. The first-order chi connectivity index (χ1) is 8.22. The van der Waals surface area contributed by atoms with Gasteiger partial charge in [0.1, 0.15) is 11.5 Å². The minimum absolute atomic E-state index is 0.0916. The Morgan fingerprint density at radius 1 is 1.33 bits per heavy atom. The van der Waals surface area contributed by atoms with Gasteiger partial charge in [-0.1, -0.05) is 12.1 Å². The number of ketones is 1. The fourth-order valence-electron chi connectivity index (χ4n) is 1.54. The van der Waals surface area contributed by atoms with Gasteiger partial charge in [-0.05, 0) is 44.9 Å². The van der Waals surface area contributed by atoms with Gasteiger partial charge < -0.3 is 9.84 Å². The van der Waals surface area contributed by atoms with E-state index in [4.69, 9.17) is 9.84 Å². The molecule has 1 rings (SSSR count). The van der Waals surface area contributed by atoms with E-state index in [0.717, 1.165) is 11.1 Å². The molecule has 4 nitrogen and oxygen atoms in total. The Bertz CT molecular complexity index is 475. The van der Waals surface area contributed by atoms with Crippen LogP contribution in [0.1, 0.15) is 31.9 Å². The summed E-state index contributed by atoms with van der Waals surface area (Å²) in [6, 6.07) is 5.33. The first-order valence-electron chi connectivity index (χ1n) is 5.74. The van der Waals surface area contributed by atoms with E-state index in [0.29, 0.717) is 12.2 Å². The molecular formula is C14H18O4. The zero-order valence-corrected chi connectivity index (χ0v) is 11.1. The van der Waals surface area contributed by atoms with Crippen molar-refractivity contribution < 1.29 is 19.4 Å². The van der Waals surface area contributed by atoms with Crippen molar-refractivity contribution in [1.82, 2.24) is 0 Å². The van der Waals surface area contributed by atoms with Gasteiger partial charge in [0.15, 0.2) is 5.60 Å². The van der Waals surface area contributed by atoms with Crippen molar-refractivity contribution in [2.45, 2.75) is 39.7 Å². The van der Waals surface area contributed by atoms with Crippen molar-refractivity contribution in [3.8, 4) is 5.75 Å². The largest absolute Gasteiger partial charge is 0.478 e. The third-order valence-corrected chi connectivity index (χ3v) is 2.57. The Morgan fingerprint density at radius 2 is 1.94 bits per heavy atom. The Labute approximate surface area is 107 Å². The van der Waals surface area contributed by atoms with Crippen LogP contribution >= 0.6 is 0 Å². The van der Waals surface area contributed by atoms with Crippen LogP contribution < -0.4 is 4.74 Å². The molecule has 1 aromatic carbocycles. The van der Waals surface area contributed by atoms with Crippen LogP contribution in [0.2, 0.25) is 0 Å². The summed E-state index contributed by atoms with van der Waals surface area (Å²) in [6.45, 7) is 6.36. The molecule has 0 unspecified atom stereocenters. The molecular weight excluding hydrogens is 232 g/mol. The standard InChI is InChI=1S/C14H18O4/c1-9-7-11(8-10(2)15)5-6-12(9)18-14(3,4)13(16)17/h5-7H,8H2,1-4H3,(H,16,17). The monoisotopic (exact) mass is 250 g/mol. The highest BCUT2D eigenvalue weighted by atomic mass is 16.5. The fourth-order valence-corrected chi connectivity index (χ4v) is 1.54. The molecule has 4 heteroatoms. The topological polar surface area (TPSA) is 63.6 Å². The Kier molecular flexibility index (Phi) is 4.11. The third-order valence-electron chi connectivity index (χ3n) is 2.57. The van der Waals surface area contributed by atoms with Gasteiger partial charge in [-0.3, -0.25) is 4.79 Å². The molecule has 0 saturated carbocycles. The Hall–Kier alpha value is -1.84. The number of rotatable bonds is 5. The second-order valence-corrected chi connectivity index (χ2v) is 4.90. The number of ether oxygens (including phenoxy) is 1. The maximum Gasteiger partial charge on any atom is 0.347 e. The zero-order chi connectivity index (χ0) is 13.9. The van der Waals surface area contributed by atoms with E-state index >= 15 is 0 Å². The summed E-state index contributed by atoms with van der Waals surface area (Å²) in [7, 11) is 0. The number of benzene rings is 1. The molecule has 0 aliphatic carbocycles. The van der Waals surface area contributed by atoms with Crippen molar-refractivity contribution in [2.24, 2.45) is 0 Å². The van der Waals surface area contributed by atoms with Crippen LogP contribution in [0, 0.1) is 6.92 Å². The van der Waals surface area contributed by atoms with E-state index in [1.54, 1.807) is 12.1 Å². The number of carbonyl (C=O) groups is 2. The van der Waals surface area contributed by atoms with Crippen LogP contribution in [-0.4, -0.2) is 22.5 Å². The average molecular weight is 250 g/mol. The van der Waals surface area contributed by atoms with Crippen molar-refractivity contribution >= 4 is 11.8 Å². The van der Waals surface area contributed by atoms with Gasteiger partial charge in [0.2, 0.25) is 0 Å². The van der Waals surface area contributed by atoms with Crippen LogP contribution in [-0.2, 0) is 16.0 Å². The lowest BCUT2D eigenvalue weighted by Gasteiger charge is -2.23. The number of carboxylic acids is 1. The molecule has 1 N–H and O–H groups in total. The smallest absolute Gasteiger partial charge is 0.347 e. The maximum absolute atomic E-state index is 11.0. The number of carbonyl (C=O) groups excluding carboxylic acids is 1. The van der Waals surface area contributed by atoms with Crippen LogP contribution in [0.5, 0.6) is 5.75 Å². The summed E-state index contributed by atoms with van der Waals surface area (Å²) in [4.78, 5) is 22.0. The molecule has 0 aromatic heterocycles. The van der Waals surface area contributed by atoms with E-state index < -0.39 is 11.6 Å². The summed E-state index contributed by atoms with van der Waals surface area (Å²) < 4.78 is 5.47. The molecule has 0 fully saturated rings. The third kappa shape index (κ3) is 3.58. The first-order valence-corrected chi connectivity index (χ1v) is 5.74. The molecule has 0 radical (unpaired) electrons. The van der Waals surface area contributed by atoms with Crippen molar-refractivity contribution in [3.05, 3.63) is 29.3 Å². The predicted octanol–water partition coefficient (Wildman–Crippen LogP) is 2.37. The van der Waals surface area contributed by atoms with Crippen LogP contribution in [0.25, 0.3) is 0 Å². The number of Topliss-reactive ketones (excluding diaryl/α,β-unsaturated/α-hetero) is 1. The lowest BCUT2D eigenvalue weighted by molar-refractivity contribution is -0.152. The summed E-state index contributed by atoms with van der Waals surface area (Å²) >= 11 is 0. The average Bonchev–Trinajstić information content (AvgIpc) is 2.21. The second kappa shape index (κ2) is 5.21. The van der Waals surface area contributed by atoms with Gasteiger partial charge in [-0.25, -0.2) is 4.79 Å². The summed E-state index contributed by atoms with van der Waals surface area (Å²) in [5.74, 6) is -0.404. The van der Waals surface area contributed by atoms with Crippen molar-refractivity contribution in [3.63, 3.8) is 0 Å². The van der Waals surface area contributed by atoms with Crippen LogP contribution in [0.3, 0.4) is 0 Å². The highest BCUT2D eigenvalue weighted by Gasteiger charge is 2.29. The molecule has 0 amide bonds. The second-order valence-electron chi connectivity index (χ2n) is 4.90. The lowest BCUT2D eigenvalue weighted by Crippen LogP contribution is -2.38. The van der Waals surface area contributed by atoms with Crippen molar-refractivity contribution in [2.75, 3.05) is 0 Å². The van der Waals surface area contributed by atoms with Crippen molar-refractivity contribution in [1.29, 1.82) is 0 Å². The minimum Gasteiger partial charge on any atom is -0.478 e. The van der Waals surface area contributed by atoms with Crippen LogP contribution in [0.4, 0.5) is 0 Å². The summed E-state index contributed by atoms with van der Waals surface area (Å²) in [5, 5.41) is 9.00. The first kappa shape index (κ1) is 14.2. The van der Waals surface area contributed by atoms with E-state index in [9.17, 15) is 9.59 Å². The van der Waals surface area contributed by atoms with Gasteiger partial charge in [-0.15, -0.1) is 0 Å². The number of hydrogen-bond acceptors (Lipinski definition) is 3. The molecule has 0 atom stereocenters. The highest BCUT2D eigenvalue weighted by Crippen LogP contribution is 2.24. The normalized spacial score (nSPS) is 11.1. The number of carboxylic acid groups (broad SMARTS) is 1. The van der Waals surface area contributed by atoms with E-state index in [-0.39, 0.29) is 5.78 Å². The molecule has 0 aliphatic rings. The van der Waals surface area contributed by atoms with E-state index in [1.807, 2.05) is 13.0 Å². The fraction of sp³-hybridized carbons (Fsp3) is 0.429. The SMILES string of the molecule is CC(=O)Cc1ccc(OC(C)(C)C(=O)O)c(C)c1. The van der Waals surface area contributed by atoms with E-state index in [2.05, 4.69) is 0 Å². The minimum atomic E-state index is -1.27. The van der Waals surface area contributed by atoms with Gasteiger partial charge in [0.25, 0.3) is 0 Å². The Balaban J connectivity index is 2.93. The number of aliphatic carboxylic acids is 1. The number of aryl methyl sites for hydroxylation is 1. The lowest BCUT2D eigenvalue weighted by atomic mass is 10.1. The molecule has 0 heterocycles. The molecule has 0 aliphatic heterocycles. The maximum atomic E-state index is 11.0. The van der Waals surface area contributed by atoms with Gasteiger partial charge in [0, 0.05) is 6.42 Å². The van der Waals surface area contributed by atoms with E-state index in [1.165, 1.54) is 20.8 Å². The zero-order valence-electron chi connectivity index (χ0n) is 11.1. The molecule has 0 bridgehead atoms. The molecule has 18 heavy (non-hydrogen) atoms. The molecule has 1 aromatic rings. The molecule has 0 saturated heterocycles. The van der Waals surface area contributed by atoms with Gasteiger partial charge >= 0.3 is 5.97 Å². The summed E-state index contributed by atoms with van der Waals surface area (Å²) in [5.41, 5.74) is 0.455. The molecule has 0 spiro atoms. The summed E-state index contributed by atoms with van der Waals surface area (Å²) in [6.07, 6.45) is 0.378. The van der Waals surface area contributed by atoms with Gasteiger partial charge in [-0.2, -0.15) is 0 Å². The number of hydrogen-bond donors (Lipinski definition) is 1. The van der Waals surface area contributed by atoms with Crippen LogP contribution in [0.15, 0.2) is 18.2 Å². The molecule has 98 valence electrons. The van der Waals surface area contributed by atoms with Gasteiger partial charge in [0.05, 0.1) is 0 Å². The quantitative estimate of drug-likeness (QED) is 0.871. The Morgan fingerprint density at radius 3 is 2.39 bits per heavy atom. The predicted molar refractivity (Wildman–Crippen MR) is 67.9 cm³/mol.